The maximum Gasteiger partial charge on any atom is 0.245 e. The number of fused-ring (bicyclic) bond motifs is 8. The number of likely N-dealkylation sites (tertiary alicyclic amines) is 1. The normalized spacial score (nSPS) is 15.8. The van der Waals surface area contributed by atoms with Crippen molar-refractivity contribution in [1.82, 2.24) is 15.5 Å². The van der Waals surface area contributed by atoms with Crippen LogP contribution in [0.4, 0.5) is 0 Å². The van der Waals surface area contributed by atoms with Crippen molar-refractivity contribution in [3.63, 3.8) is 0 Å². The van der Waals surface area contributed by atoms with Crippen LogP contribution in [0.15, 0.2) is 66.7 Å². The highest BCUT2D eigenvalue weighted by Crippen LogP contribution is 2.59. The summed E-state index contributed by atoms with van der Waals surface area (Å²) in [4.78, 5) is 39.7. The highest BCUT2D eigenvalue weighted by Gasteiger charge is 2.47. The van der Waals surface area contributed by atoms with Gasteiger partial charge in [0.1, 0.15) is 11.8 Å². The molecule has 2 N–H and O–H groups in total. The summed E-state index contributed by atoms with van der Waals surface area (Å²) in [6, 6.07) is 25.5. The molecule has 0 aromatic heterocycles. The molecular formula is C54H69N3O4. The summed E-state index contributed by atoms with van der Waals surface area (Å²) < 4.78 is 6.63. The molecule has 0 radical (unpaired) electrons. The van der Waals surface area contributed by atoms with E-state index in [-0.39, 0.29) is 28.6 Å². The molecule has 1 fully saturated rings. The van der Waals surface area contributed by atoms with Gasteiger partial charge in [-0.1, -0.05) is 107 Å². The summed E-state index contributed by atoms with van der Waals surface area (Å²) >= 11 is 0. The Morgan fingerprint density at radius 3 is 1.92 bits per heavy atom. The summed E-state index contributed by atoms with van der Waals surface area (Å²) in [5.74, 6) is 0.768. The van der Waals surface area contributed by atoms with Crippen molar-refractivity contribution in [2.75, 3.05) is 26.2 Å². The van der Waals surface area contributed by atoms with Crippen molar-refractivity contribution in [3.05, 3.63) is 100 Å². The van der Waals surface area contributed by atoms with E-state index in [1.807, 2.05) is 4.90 Å². The number of carbonyl (C=O) groups excluding carboxylic acids is 3. The average molecular weight is 824 g/mol. The Labute approximate surface area is 365 Å². The molecule has 61 heavy (non-hydrogen) atoms. The van der Waals surface area contributed by atoms with Gasteiger partial charge < -0.3 is 20.3 Å². The average Bonchev–Trinajstić information content (AvgIpc) is 3.66. The van der Waals surface area contributed by atoms with Crippen LogP contribution in [0.2, 0.25) is 0 Å². The highest BCUT2D eigenvalue weighted by atomic mass is 16.5. The lowest BCUT2D eigenvalue weighted by Crippen LogP contribution is -2.52. The first-order valence-corrected chi connectivity index (χ1v) is 23.5. The number of unbranched alkanes of at least 4 members (excludes halogenated alkanes) is 4. The van der Waals surface area contributed by atoms with Gasteiger partial charge in [0.25, 0.3) is 0 Å². The zero-order valence-corrected chi connectivity index (χ0v) is 38.0. The van der Waals surface area contributed by atoms with Gasteiger partial charge in [0.2, 0.25) is 17.7 Å². The fraction of sp³-hybridized carbons (Fsp3) is 0.500. The van der Waals surface area contributed by atoms with E-state index in [4.69, 9.17) is 4.74 Å². The Kier molecular flexibility index (Phi) is 13.8. The lowest BCUT2D eigenvalue weighted by Gasteiger charge is -2.42. The number of piperidine rings is 1. The summed E-state index contributed by atoms with van der Waals surface area (Å²) in [5, 5.41) is 5.78. The molecule has 1 saturated heterocycles. The number of rotatable bonds is 18. The largest absolute Gasteiger partial charge is 0.493 e. The molecule has 1 aliphatic heterocycles. The van der Waals surface area contributed by atoms with Gasteiger partial charge in [0, 0.05) is 49.9 Å². The molecule has 1 atom stereocenters. The Morgan fingerprint density at radius 2 is 1.28 bits per heavy atom. The van der Waals surface area contributed by atoms with E-state index in [1.54, 1.807) is 0 Å². The van der Waals surface area contributed by atoms with E-state index in [0.29, 0.717) is 26.1 Å². The van der Waals surface area contributed by atoms with Crippen LogP contribution in [0.25, 0.3) is 33.4 Å². The van der Waals surface area contributed by atoms with E-state index in [0.717, 1.165) is 76.6 Å². The van der Waals surface area contributed by atoms with Gasteiger partial charge in [-0.15, -0.1) is 0 Å². The Bertz CT molecular complexity index is 2240. The fourth-order valence-corrected chi connectivity index (χ4v) is 10.8. The summed E-state index contributed by atoms with van der Waals surface area (Å²) in [6.45, 7) is 16.8. The number of hydrogen-bond donors (Lipinski definition) is 2. The zero-order valence-electron chi connectivity index (χ0n) is 38.0. The topological polar surface area (TPSA) is 87.7 Å². The minimum Gasteiger partial charge on any atom is -0.493 e. The van der Waals surface area contributed by atoms with Gasteiger partial charge in [-0.05, 0) is 139 Å². The van der Waals surface area contributed by atoms with Gasteiger partial charge in [-0.2, -0.15) is 0 Å². The van der Waals surface area contributed by atoms with Gasteiger partial charge in [0.15, 0.2) is 0 Å². The third-order valence-electron chi connectivity index (χ3n) is 14.0. The van der Waals surface area contributed by atoms with Crippen LogP contribution in [0.5, 0.6) is 5.75 Å². The first-order valence-electron chi connectivity index (χ1n) is 23.5. The fourth-order valence-electron chi connectivity index (χ4n) is 10.8. The number of amides is 3. The van der Waals surface area contributed by atoms with Crippen molar-refractivity contribution in [2.45, 2.75) is 149 Å². The molecule has 1 heterocycles. The second-order valence-corrected chi connectivity index (χ2v) is 18.4. The minimum absolute atomic E-state index is 0.0103. The number of aryl methyl sites for hydroxylation is 2. The van der Waals surface area contributed by atoms with E-state index in [2.05, 4.69) is 112 Å². The molecule has 7 rings (SSSR count). The van der Waals surface area contributed by atoms with Crippen LogP contribution in [-0.4, -0.2) is 54.9 Å². The number of carbonyl (C=O) groups is 3. The Hall–Kier alpha value is -4.91. The molecular weight excluding hydrogens is 755 g/mol. The maximum atomic E-state index is 14.1. The van der Waals surface area contributed by atoms with Gasteiger partial charge >= 0.3 is 0 Å². The second-order valence-electron chi connectivity index (χ2n) is 18.4. The molecule has 0 saturated carbocycles. The lowest BCUT2D eigenvalue weighted by molar-refractivity contribution is -0.137. The SMILES string of the molecule is CCCCOc1cc(C)cc2c1-c1ccc(-c3ccc4c(c3)C3(CCN(C(=O)C(CCCCNC(C)=O)NC(C)=O)CC3)c3cc(C)ccc3-4)cc1C2(CCCC)CCCC. The molecule has 4 aromatic rings. The molecule has 4 aromatic carbocycles. The molecule has 7 heteroatoms. The first-order chi connectivity index (χ1) is 29.5. The number of nitrogens with one attached hydrogen (secondary N) is 2. The third-order valence-corrected chi connectivity index (χ3v) is 14.0. The minimum atomic E-state index is -0.573. The summed E-state index contributed by atoms with van der Waals surface area (Å²) in [6.07, 6.45) is 12.7. The second kappa shape index (κ2) is 19.0. The van der Waals surface area contributed by atoms with Crippen LogP contribution < -0.4 is 15.4 Å². The van der Waals surface area contributed by atoms with Crippen LogP contribution in [0, 0.1) is 13.8 Å². The summed E-state index contributed by atoms with van der Waals surface area (Å²) in [5.41, 5.74) is 15.6. The summed E-state index contributed by atoms with van der Waals surface area (Å²) in [7, 11) is 0. The van der Waals surface area contributed by atoms with Crippen molar-refractivity contribution in [3.8, 4) is 39.1 Å². The molecule has 1 unspecified atom stereocenters. The van der Waals surface area contributed by atoms with E-state index < -0.39 is 6.04 Å². The third kappa shape index (κ3) is 8.77. The van der Waals surface area contributed by atoms with Gasteiger partial charge in [0.05, 0.1) is 6.61 Å². The number of hydrogen-bond acceptors (Lipinski definition) is 4. The quantitative estimate of drug-likeness (QED) is 0.0979. The predicted octanol–water partition coefficient (Wildman–Crippen LogP) is 11.5. The van der Waals surface area contributed by atoms with E-state index in [1.165, 1.54) is 93.5 Å². The number of nitrogens with zero attached hydrogens (tertiary/aromatic N) is 1. The number of benzene rings is 4. The van der Waals surface area contributed by atoms with Crippen LogP contribution in [-0.2, 0) is 25.2 Å². The highest BCUT2D eigenvalue weighted by molar-refractivity contribution is 5.90. The van der Waals surface area contributed by atoms with Crippen molar-refractivity contribution >= 4 is 17.7 Å². The van der Waals surface area contributed by atoms with Gasteiger partial charge in [-0.3, -0.25) is 14.4 Å². The monoisotopic (exact) mass is 824 g/mol. The molecule has 3 aliphatic rings. The zero-order chi connectivity index (χ0) is 43.3. The van der Waals surface area contributed by atoms with Crippen LogP contribution in [0.3, 0.4) is 0 Å². The molecule has 0 bridgehead atoms. The van der Waals surface area contributed by atoms with Crippen molar-refractivity contribution in [1.29, 1.82) is 0 Å². The lowest BCUT2D eigenvalue weighted by atomic mass is 9.69. The van der Waals surface area contributed by atoms with E-state index >= 15 is 0 Å². The first kappa shape index (κ1) is 44.2. The smallest absolute Gasteiger partial charge is 0.245 e. The molecule has 3 amide bonds. The molecule has 1 spiro atoms. The predicted molar refractivity (Wildman–Crippen MR) is 249 cm³/mol. The standard InChI is InChI=1S/C54H69N3O4/c1-8-11-23-53(24-12-9-2)47-35-41(19-22-44(47)51-48(53)32-37(5)33-50(51)61-30-13-10-3)40-18-21-43-42-20-17-36(4)31-45(42)54(46(43)34-40)25-28-57(29-26-54)52(60)49(56-39(7)59)16-14-15-27-55-38(6)58/h17-22,31-35,49H,8-16,23-30H2,1-7H3,(H,55,58)(H,56,59). The molecule has 2 aliphatic carbocycles. The maximum absolute atomic E-state index is 14.1. The van der Waals surface area contributed by atoms with Gasteiger partial charge in [-0.25, -0.2) is 0 Å². The van der Waals surface area contributed by atoms with Crippen molar-refractivity contribution in [2.24, 2.45) is 0 Å². The number of ether oxygens (including phenoxy) is 1. The Balaban J connectivity index is 1.24. The van der Waals surface area contributed by atoms with Crippen LogP contribution in [0.1, 0.15) is 151 Å². The Morgan fingerprint density at radius 1 is 0.672 bits per heavy atom. The molecule has 324 valence electrons. The molecule has 7 nitrogen and oxygen atoms in total. The van der Waals surface area contributed by atoms with Crippen molar-refractivity contribution < 1.29 is 19.1 Å². The van der Waals surface area contributed by atoms with E-state index in [9.17, 15) is 14.4 Å². The van der Waals surface area contributed by atoms with Crippen LogP contribution >= 0.6 is 0 Å².